The highest BCUT2D eigenvalue weighted by molar-refractivity contribution is 5.80. The lowest BCUT2D eigenvalue weighted by atomic mass is 9.99. The molecule has 0 radical (unpaired) electrons. The Morgan fingerprint density at radius 1 is 0.588 bits per heavy atom. The average molecular weight is 950 g/mol. The summed E-state index contributed by atoms with van der Waals surface area (Å²) in [5.41, 5.74) is 0. The van der Waals surface area contributed by atoms with E-state index in [0.717, 1.165) is 70.6 Å². The Hall–Kier alpha value is -3.94. The maximum Gasteiger partial charge on any atom is 0.306 e. The number of carbonyl (C=O) groups excluding carboxylic acids is 2. The monoisotopic (exact) mass is 950 g/mol. The second-order valence-electron chi connectivity index (χ2n) is 17.4. The maximum atomic E-state index is 13.3. The van der Waals surface area contributed by atoms with Crippen molar-refractivity contribution >= 4 is 11.9 Å². The Morgan fingerprint density at radius 2 is 1.06 bits per heavy atom. The summed E-state index contributed by atoms with van der Waals surface area (Å²) in [4.78, 5) is 26.3. The molecule has 1 amide bonds. The fourth-order valence-electron chi connectivity index (χ4n) is 7.22. The van der Waals surface area contributed by atoms with Crippen LogP contribution >= 0.6 is 0 Å². The zero-order valence-corrected chi connectivity index (χ0v) is 41.9. The highest BCUT2D eigenvalue weighted by atomic mass is 16.7. The van der Waals surface area contributed by atoms with Crippen molar-refractivity contribution in [3.8, 4) is 0 Å². The number of hydrogen-bond donors (Lipinski definition) is 6. The maximum absolute atomic E-state index is 13.3. The van der Waals surface area contributed by atoms with E-state index >= 15 is 0 Å². The molecule has 0 spiro atoms. The van der Waals surface area contributed by atoms with Crippen LogP contribution in [0.2, 0.25) is 0 Å². The molecular formula is C57H91NO10. The Labute approximate surface area is 410 Å². The van der Waals surface area contributed by atoms with E-state index in [1.807, 2.05) is 97.2 Å². The lowest BCUT2D eigenvalue weighted by Crippen LogP contribution is -2.61. The van der Waals surface area contributed by atoms with Gasteiger partial charge in [-0.25, -0.2) is 0 Å². The minimum atomic E-state index is -1.64. The number of rotatable bonds is 40. The lowest BCUT2D eigenvalue weighted by Gasteiger charge is -2.41. The normalized spacial score (nSPS) is 21.0. The van der Waals surface area contributed by atoms with Crippen molar-refractivity contribution in [2.24, 2.45) is 0 Å². The van der Waals surface area contributed by atoms with Crippen molar-refractivity contribution in [1.82, 2.24) is 5.32 Å². The summed E-state index contributed by atoms with van der Waals surface area (Å²) in [5, 5.41) is 56.5. The topological polar surface area (TPSA) is 175 Å². The zero-order chi connectivity index (χ0) is 49.7. The van der Waals surface area contributed by atoms with E-state index in [9.17, 15) is 35.1 Å². The molecule has 1 saturated heterocycles. The Bertz CT molecular complexity index is 1560. The van der Waals surface area contributed by atoms with Gasteiger partial charge in [-0.1, -0.05) is 219 Å². The number of ether oxygens (including phenoxy) is 3. The molecule has 11 heteroatoms. The number of allylic oxidation sites excluding steroid dienone is 19. The van der Waals surface area contributed by atoms with Gasteiger partial charge in [0.1, 0.15) is 24.4 Å². The number of nitrogens with one attached hydrogen (secondary N) is 1. The van der Waals surface area contributed by atoms with Crippen molar-refractivity contribution in [1.29, 1.82) is 0 Å². The van der Waals surface area contributed by atoms with Crippen LogP contribution in [0.4, 0.5) is 0 Å². The molecule has 11 nitrogen and oxygen atoms in total. The molecule has 0 aromatic carbocycles. The minimum absolute atomic E-state index is 0.0809. The molecule has 0 aliphatic carbocycles. The zero-order valence-electron chi connectivity index (χ0n) is 41.9. The number of aliphatic hydroxyl groups is 5. The fourth-order valence-corrected chi connectivity index (χ4v) is 7.22. The van der Waals surface area contributed by atoms with E-state index in [4.69, 9.17) is 14.2 Å². The van der Waals surface area contributed by atoms with Crippen LogP contribution < -0.4 is 5.32 Å². The quantitative estimate of drug-likeness (QED) is 0.0150. The number of unbranched alkanes of at least 4 members (excludes halogenated alkanes) is 15. The van der Waals surface area contributed by atoms with Crippen LogP contribution in [0.25, 0.3) is 0 Å². The molecule has 1 aliphatic rings. The summed E-state index contributed by atoms with van der Waals surface area (Å²) in [7, 11) is 0. The summed E-state index contributed by atoms with van der Waals surface area (Å²) in [6, 6.07) is -1.07. The van der Waals surface area contributed by atoms with Gasteiger partial charge in [0, 0.05) is 6.42 Å². The Balaban J connectivity index is 2.86. The van der Waals surface area contributed by atoms with Crippen LogP contribution in [0.15, 0.2) is 122 Å². The summed E-state index contributed by atoms with van der Waals surface area (Å²) in [6.07, 6.45) is 49.8. The summed E-state index contributed by atoms with van der Waals surface area (Å²) >= 11 is 0. The number of hydrogen-bond acceptors (Lipinski definition) is 10. The number of carbonyl (C=O) groups is 2. The van der Waals surface area contributed by atoms with Gasteiger partial charge in [-0.15, -0.1) is 0 Å². The molecule has 8 atom stereocenters. The minimum Gasteiger partial charge on any atom is -0.454 e. The first-order valence-electron chi connectivity index (χ1n) is 25.9. The van der Waals surface area contributed by atoms with Gasteiger partial charge >= 0.3 is 5.97 Å². The van der Waals surface area contributed by atoms with Crippen molar-refractivity contribution in [3.05, 3.63) is 122 Å². The van der Waals surface area contributed by atoms with Gasteiger partial charge in [-0.05, 0) is 57.8 Å². The SMILES string of the molecule is CC/C=C/C=C/C=C\C=C/C=C/CCC(O)C(=O)NC(COC1OC(CO)C(O)C(O)C1OC(=O)CCCCCCC\C=C/C=C/C=C/C=C/CC)C(O)/C=C/CCCCCCCCCCCC. The van der Waals surface area contributed by atoms with Gasteiger partial charge < -0.3 is 45.1 Å². The van der Waals surface area contributed by atoms with E-state index in [2.05, 4.69) is 44.3 Å². The molecule has 0 aromatic rings. The first-order valence-corrected chi connectivity index (χ1v) is 25.9. The van der Waals surface area contributed by atoms with Crippen molar-refractivity contribution < 1.29 is 49.3 Å². The van der Waals surface area contributed by atoms with Gasteiger partial charge in [0.05, 0.1) is 25.4 Å². The molecule has 1 rings (SSSR count). The van der Waals surface area contributed by atoms with Gasteiger partial charge in [-0.2, -0.15) is 0 Å². The molecule has 0 aromatic heterocycles. The van der Waals surface area contributed by atoms with Crippen LogP contribution in [0.1, 0.15) is 162 Å². The third kappa shape index (κ3) is 32.7. The molecule has 8 unspecified atom stereocenters. The molecule has 0 bridgehead atoms. The van der Waals surface area contributed by atoms with Gasteiger partial charge in [0.25, 0.3) is 0 Å². The van der Waals surface area contributed by atoms with E-state index in [1.54, 1.807) is 6.08 Å². The van der Waals surface area contributed by atoms with Gasteiger partial charge in [0.2, 0.25) is 5.91 Å². The first kappa shape index (κ1) is 62.1. The van der Waals surface area contributed by atoms with E-state index < -0.39 is 67.4 Å². The molecule has 68 heavy (non-hydrogen) atoms. The molecular weight excluding hydrogens is 859 g/mol. The van der Waals surface area contributed by atoms with Gasteiger partial charge in [-0.3, -0.25) is 9.59 Å². The number of aliphatic hydroxyl groups excluding tert-OH is 5. The summed E-state index contributed by atoms with van der Waals surface area (Å²) in [5.74, 6) is -1.31. The molecule has 0 saturated carbocycles. The Kier molecular flexibility index (Phi) is 40.4. The summed E-state index contributed by atoms with van der Waals surface area (Å²) in [6.45, 7) is 5.38. The average Bonchev–Trinajstić information content (AvgIpc) is 3.33. The molecule has 384 valence electrons. The predicted molar refractivity (Wildman–Crippen MR) is 278 cm³/mol. The largest absolute Gasteiger partial charge is 0.454 e. The number of esters is 1. The summed E-state index contributed by atoms with van der Waals surface area (Å²) < 4.78 is 17.4. The standard InChI is InChI=1S/C57H91NO10/c1-4-7-10-13-16-19-22-25-26-27-30-33-36-39-42-45-52(62)68-55-54(64)53(63)51(46-59)67-57(55)66-47-48(49(60)43-40-37-34-31-28-23-20-17-14-11-8-5-2)58-56(65)50(61)44-41-38-35-32-29-24-21-18-15-12-9-6-3/h7,9-10,12-13,15-16,18-19,21-22,24-26,29,32,35,38,40,43,48-51,53-55,57,59-61,63-64H,4-6,8,11,14,17,20,23,27-28,30-31,33-34,36-37,39,41-42,44-47H2,1-3H3,(H,58,65)/b10-7+,12-9+,16-13+,18-15+,22-19+,24-21-,26-25-,32-29-,38-35+,43-40+. The second-order valence-corrected chi connectivity index (χ2v) is 17.4. The van der Waals surface area contributed by atoms with Gasteiger partial charge in [0.15, 0.2) is 12.4 Å². The van der Waals surface area contributed by atoms with Crippen molar-refractivity contribution in [3.63, 3.8) is 0 Å². The van der Waals surface area contributed by atoms with E-state index in [-0.39, 0.29) is 19.4 Å². The van der Waals surface area contributed by atoms with Crippen LogP contribution in [-0.2, 0) is 23.8 Å². The molecule has 1 aliphatic heterocycles. The third-order valence-electron chi connectivity index (χ3n) is 11.3. The third-order valence-corrected chi connectivity index (χ3v) is 11.3. The highest BCUT2D eigenvalue weighted by Gasteiger charge is 2.47. The van der Waals surface area contributed by atoms with Crippen LogP contribution in [-0.4, -0.2) is 99.6 Å². The highest BCUT2D eigenvalue weighted by Crippen LogP contribution is 2.26. The Morgan fingerprint density at radius 3 is 1.59 bits per heavy atom. The number of amides is 1. The first-order chi connectivity index (χ1) is 33.2. The predicted octanol–water partition coefficient (Wildman–Crippen LogP) is 10.8. The van der Waals surface area contributed by atoms with E-state index in [0.29, 0.717) is 12.8 Å². The van der Waals surface area contributed by atoms with E-state index in [1.165, 1.54) is 44.9 Å². The molecule has 1 fully saturated rings. The second kappa shape index (κ2) is 44.3. The lowest BCUT2D eigenvalue weighted by molar-refractivity contribution is -0.305. The molecule has 1 heterocycles. The molecule has 6 N–H and O–H groups in total. The smallest absolute Gasteiger partial charge is 0.306 e. The van der Waals surface area contributed by atoms with Crippen LogP contribution in [0, 0.1) is 0 Å². The van der Waals surface area contributed by atoms with Crippen molar-refractivity contribution in [2.75, 3.05) is 13.2 Å². The van der Waals surface area contributed by atoms with Crippen molar-refractivity contribution in [2.45, 2.75) is 211 Å². The fraction of sp³-hybridized carbons (Fsp3) is 0.614. The van der Waals surface area contributed by atoms with Crippen LogP contribution in [0.3, 0.4) is 0 Å². The van der Waals surface area contributed by atoms with Crippen LogP contribution in [0.5, 0.6) is 0 Å².